The van der Waals surface area contributed by atoms with E-state index in [4.69, 9.17) is 25.9 Å². The predicted octanol–water partition coefficient (Wildman–Crippen LogP) is 3.94. The van der Waals surface area contributed by atoms with Crippen molar-refractivity contribution in [1.82, 2.24) is 5.06 Å². The summed E-state index contributed by atoms with van der Waals surface area (Å²) in [6.45, 7) is 7.05. The molecule has 146 valence electrons. The van der Waals surface area contributed by atoms with Gasteiger partial charge in [0, 0.05) is 17.7 Å². The summed E-state index contributed by atoms with van der Waals surface area (Å²) in [5.41, 5.74) is -0.783. The lowest BCUT2D eigenvalue weighted by Crippen LogP contribution is -2.46. The van der Waals surface area contributed by atoms with E-state index in [1.807, 2.05) is 6.92 Å². The number of benzene rings is 1. The second-order valence-electron chi connectivity index (χ2n) is 7.70. The van der Waals surface area contributed by atoms with Crippen LogP contribution in [-0.2, 0) is 23.9 Å². The van der Waals surface area contributed by atoms with Gasteiger partial charge in [-0.2, -0.15) is 0 Å². The molecule has 1 atom stereocenters. The van der Waals surface area contributed by atoms with Crippen LogP contribution in [0.3, 0.4) is 0 Å². The van der Waals surface area contributed by atoms with E-state index in [1.54, 1.807) is 45.0 Å². The number of esters is 1. The first-order chi connectivity index (χ1) is 12.6. The smallest absolute Gasteiger partial charge is 0.316 e. The first-order valence-corrected chi connectivity index (χ1v) is 9.25. The van der Waals surface area contributed by atoms with Crippen molar-refractivity contribution in [2.75, 3.05) is 7.11 Å². The molecule has 1 aliphatic heterocycles. The highest BCUT2D eigenvalue weighted by Crippen LogP contribution is 2.49. The molecule has 2 aliphatic rings. The zero-order chi connectivity index (χ0) is 20.0. The molecule has 0 radical (unpaired) electrons. The van der Waals surface area contributed by atoms with E-state index in [1.165, 1.54) is 12.2 Å². The number of carbonyl (C=O) groups is 2. The third-order valence-corrected chi connectivity index (χ3v) is 5.43. The van der Waals surface area contributed by atoms with Crippen LogP contribution in [0.5, 0.6) is 0 Å². The monoisotopic (exact) mass is 393 g/mol. The lowest BCUT2D eigenvalue weighted by Gasteiger charge is -2.33. The minimum atomic E-state index is -1.01. The van der Waals surface area contributed by atoms with E-state index < -0.39 is 23.2 Å². The molecule has 0 N–H and O–H groups in total. The summed E-state index contributed by atoms with van der Waals surface area (Å²) in [5.74, 6) is -0.535. The van der Waals surface area contributed by atoms with Crippen molar-refractivity contribution in [3.8, 4) is 0 Å². The van der Waals surface area contributed by atoms with Gasteiger partial charge in [0.25, 0.3) is 5.91 Å². The van der Waals surface area contributed by atoms with Gasteiger partial charge >= 0.3 is 5.97 Å². The second-order valence-corrected chi connectivity index (χ2v) is 8.11. The minimum Gasteiger partial charge on any atom is -0.427 e. The van der Waals surface area contributed by atoms with Gasteiger partial charge in [-0.15, -0.1) is 0 Å². The fraction of sp³-hybridized carbons (Fsp3) is 0.500. The summed E-state index contributed by atoms with van der Waals surface area (Å²) < 4.78 is 10.9. The Hall–Kier alpha value is -1.89. The van der Waals surface area contributed by atoms with Crippen molar-refractivity contribution < 1.29 is 23.9 Å². The van der Waals surface area contributed by atoms with Crippen LogP contribution in [0.1, 0.15) is 46.1 Å². The third-order valence-electron chi connectivity index (χ3n) is 5.11. The molecule has 6 nitrogen and oxygen atoms in total. The van der Waals surface area contributed by atoms with Crippen molar-refractivity contribution in [2.24, 2.45) is 5.41 Å². The first-order valence-electron chi connectivity index (χ1n) is 8.88. The molecule has 0 aromatic heterocycles. The Morgan fingerprint density at radius 3 is 2.41 bits per heavy atom. The number of ether oxygens (including phenoxy) is 2. The van der Waals surface area contributed by atoms with Gasteiger partial charge in [0.1, 0.15) is 11.3 Å². The number of hydrogen-bond acceptors (Lipinski definition) is 5. The van der Waals surface area contributed by atoms with Crippen molar-refractivity contribution in [2.45, 2.75) is 52.4 Å². The van der Waals surface area contributed by atoms with Crippen LogP contribution < -0.4 is 0 Å². The lowest BCUT2D eigenvalue weighted by molar-refractivity contribution is -0.276. The van der Waals surface area contributed by atoms with Crippen molar-refractivity contribution in [3.63, 3.8) is 0 Å². The molecule has 1 aliphatic carbocycles. The Kier molecular flexibility index (Phi) is 5.10. The number of nitrogens with zero attached hydrogens (tertiary/aromatic N) is 1. The van der Waals surface area contributed by atoms with Crippen molar-refractivity contribution >= 4 is 29.1 Å². The van der Waals surface area contributed by atoms with Gasteiger partial charge in [-0.25, -0.2) is 9.90 Å². The van der Waals surface area contributed by atoms with Gasteiger partial charge in [0.2, 0.25) is 0 Å². The molecule has 1 unspecified atom stereocenters. The Morgan fingerprint density at radius 2 is 1.85 bits per heavy atom. The summed E-state index contributed by atoms with van der Waals surface area (Å²) in [7, 11) is 1.48. The molecule has 7 heteroatoms. The van der Waals surface area contributed by atoms with Crippen molar-refractivity contribution in [1.29, 1.82) is 0 Å². The summed E-state index contributed by atoms with van der Waals surface area (Å²) in [6.07, 6.45) is 0.891. The largest absolute Gasteiger partial charge is 0.427 e. The zero-order valence-electron chi connectivity index (χ0n) is 16.2. The van der Waals surface area contributed by atoms with Crippen LogP contribution >= 0.6 is 11.6 Å². The number of amides is 1. The summed E-state index contributed by atoms with van der Waals surface area (Å²) in [4.78, 5) is 31.5. The summed E-state index contributed by atoms with van der Waals surface area (Å²) >= 11 is 6.34. The van der Waals surface area contributed by atoms with E-state index in [0.29, 0.717) is 10.6 Å². The Labute approximate surface area is 164 Å². The van der Waals surface area contributed by atoms with E-state index in [9.17, 15) is 9.59 Å². The van der Waals surface area contributed by atoms with Crippen molar-refractivity contribution in [3.05, 3.63) is 40.6 Å². The second kappa shape index (κ2) is 6.93. The molecule has 0 spiro atoms. The summed E-state index contributed by atoms with van der Waals surface area (Å²) in [6, 6.07) is 6.96. The molecule has 1 aromatic rings. The molecule has 1 fully saturated rings. The maximum absolute atomic E-state index is 13.2. The number of hydroxylamine groups is 2. The summed E-state index contributed by atoms with van der Waals surface area (Å²) in [5, 5.41) is 1.59. The van der Waals surface area contributed by atoms with E-state index in [0.717, 1.165) is 12.8 Å². The van der Waals surface area contributed by atoms with Crippen LogP contribution in [0, 0.1) is 5.41 Å². The van der Waals surface area contributed by atoms with Crippen LogP contribution in [0.25, 0.3) is 5.57 Å². The van der Waals surface area contributed by atoms with Crippen LogP contribution in [-0.4, -0.2) is 35.9 Å². The van der Waals surface area contributed by atoms with Gasteiger partial charge in [-0.1, -0.05) is 29.8 Å². The highest BCUT2D eigenvalue weighted by Gasteiger charge is 2.53. The van der Waals surface area contributed by atoms with Gasteiger partial charge < -0.3 is 9.47 Å². The zero-order valence-corrected chi connectivity index (χ0v) is 16.9. The highest BCUT2D eigenvalue weighted by molar-refractivity contribution is 6.35. The highest BCUT2D eigenvalue weighted by atomic mass is 35.5. The molecule has 0 bridgehead atoms. The van der Waals surface area contributed by atoms with Gasteiger partial charge in [0.15, 0.2) is 6.29 Å². The SMILES string of the molecule is COC(C)ON1C(=O)C(c2ccccc2Cl)=C(OC(=O)C2(C)CC2)C1(C)C. The van der Waals surface area contributed by atoms with Gasteiger partial charge in [-0.3, -0.25) is 9.59 Å². The average Bonchev–Trinajstić information content (AvgIpc) is 3.34. The van der Waals surface area contributed by atoms with E-state index in [2.05, 4.69) is 0 Å². The fourth-order valence-electron chi connectivity index (χ4n) is 2.91. The molecule has 0 saturated heterocycles. The number of carbonyl (C=O) groups excluding carboxylic acids is 2. The average molecular weight is 394 g/mol. The molecule has 3 rings (SSSR count). The third kappa shape index (κ3) is 3.49. The quantitative estimate of drug-likeness (QED) is 0.541. The number of hydrogen-bond donors (Lipinski definition) is 0. The Morgan fingerprint density at radius 1 is 1.22 bits per heavy atom. The van der Waals surface area contributed by atoms with Crippen LogP contribution in [0.2, 0.25) is 5.02 Å². The van der Waals surface area contributed by atoms with Gasteiger partial charge in [-0.05, 0) is 46.6 Å². The van der Waals surface area contributed by atoms with Crippen LogP contribution in [0.4, 0.5) is 0 Å². The number of rotatable bonds is 6. The maximum Gasteiger partial charge on any atom is 0.316 e. The topological polar surface area (TPSA) is 65.1 Å². The minimum absolute atomic E-state index is 0.228. The normalized spacial score (nSPS) is 21.4. The number of methoxy groups -OCH3 is 1. The fourth-order valence-corrected chi connectivity index (χ4v) is 3.14. The number of halogens is 1. The molecular weight excluding hydrogens is 370 g/mol. The predicted molar refractivity (Wildman–Crippen MR) is 100 cm³/mol. The molecule has 1 amide bonds. The van der Waals surface area contributed by atoms with Gasteiger partial charge in [0.05, 0.1) is 11.0 Å². The standard InChI is InChI=1S/C20H24ClNO5/c1-12(25-5)27-22-17(23)15(13-8-6-7-9-14(13)21)16(19(22,2)3)26-18(24)20(4)10-11-20/h6-9,12H,10-11H2,1-5H3. The molecule has 1 heterocycles. The van der Waals surface area contributed by atoms with E-state index in [-0.39, 0.29) is 17.3 Å². The maximum atomic E-state index is 13.2. The van der Waals surface area contributed by atoms with E-state index >= 15 is 0 Å². The Balaban J connectivity index is 2.08. The lowest BCUT2D eigenvalue weighted by atomic mass is 9.98. The Bertz CT molecular complexity index is 812. The molecule has 1 aromatic carbocycles. The van der Waals surface area contributed by atoms with Crippen LogP contribution in [0.15, 0.2) is 30.0 Å². The molecule has 27 heavy (non-hydrogen) atoms. The molecular formula is C20H24ClNO5. The first kappa shape index (κ1) is 19.9. The molecule has 1 saturated carbocycles.